The van der Waals surface area contributed by atoms with Gasteiger partial charge < -0.3 is 10.8 Å². The standard InChI is InChI=1S/C15H24N2O3S/c1-3-11-8-14(16)13(4-2)15(9-11)21(19,20)17-7-5-6-12(17)10-18/h8-9,12,18H,3-7,10,16H2,1-2H3/t12-/m0/s1. The summed E-state index contributed by atoms with van der Waals surface area (Å²) in [4.78, 5) is 0.308. The van der Waals surface area contributed by atoms with E-state index in [0.29, 0.717) is 35.5 Å². The summed E-state index contributed by atoms with van der Waals surface area (Å²) in [5, 5.41) is 9.40. The van der Waals surface area contributed by atoms with Gasteiger partial charge in [0, 0.05) is 18.3 Å². The zero-order valence-electron chi connectivity index (χ0n) is 12.7. The summed E-state index contributed by atoms with van der Waals surface area (Å²) >= 11 is 0. The van der Waals surface area contributed by atoms with Crippen molar-refractivity contribution >= 4 is 15.7 Å². The van der Waals surface area contributed by atoms with E-state index in [9.17, 15) is 13.5 Å². The third-order valence-corrected chi connectivity index (χ3v) is 6.20. The number of hydrogen-bond acceptors (Lipinski definition) is 4. The molecule has 0 aromatic heterocycles. The number of aliphatic hydroxyl groups excluding tert-OH is 1. The molecule has 0 amide bonds. The van der Waals surface area contributed by atoms with Crippen LogP contribution in [0.4, 0.5) is 5.69 Å². The second kappa shape index (κ2) is 6.34. The molecule has 1 aliphatic rings. The first-order chi connectivity index (χ1) is 9.95. The van der Waals surface area contributed by atoms with Crippen LogP contribution in [0.15, 0.2) is 17.0 Å². The summed E-state index contributed by atoms with van der Waals surface area (Å²) in [5.74, 6) is 0. The lowest BCUT2D eigenvalue weighted by Crippen LogP contribution is -2.38. The molecule has 1 heterocycles. The van der Waals surface area contributed by atoms with Crippen LogP contribution in [0, 0.1) is 0 Å². The molecule has 0 spiro atoms. The third kappa shape index (κ3) is 2.93. The van der Waals surface area contributed by atoms with E-state index >= 15 is 0 Å². The number of nitrogens with zero attached hydrogens (tertiary/aromatic N) is 1. The summed E-state index contributed by atoms with van der Waals surface area (Å²) in [6, 6.07) is 3.27. The van der Waals surface area contributed by atoms with E-state index < -0.39 is 10.0 Å². The van der Waals surface area contributed by atoms with Crippen LogP contribution in [-0.4, -0.2) is 37.0 Å². The predicted molar refractivity (Wildman–Crippen MR) is 83.6 cm³/mol. The molecule has 1 aromatic carbocycles. The lowest BCUT2D eigenvalue weighted by atomic mass is 10.1. The Labute approximate surface area is 126 Å². The van der Waals surface area contributed by atoms with E-state index in [-0.39, 0.29) is 12.6 Å². The van der Waals surface area contributed by atoms with Gasteiger partial charge in [-0.25, -0.2) is 8.42 Å². The molecule has 2 rings (SSSR count). The minimum atomic E-state index is -3.60. The number of sulfonamides is 1. The fourth-order valence-electron chi connectivity index (χ4n) is 2.97. The van der Waals surface area contributed by atoms with Crippen LogP contribution in [0.25, 0.3) is 0 Å². The molecular formula is C15H24N2O3S. The Balaban J connectivity index is 2.56. The summed E-state index contributed by atoms with van der Waals surface area (Å²) in [7, 11) is -3.60. The van der Waals surface area contributed by atoms with Gasteiger partial charge in [0.05, 0.1) is 11.5 Å². The predicted octanol–water partition coefficient (Wildman–Crippen LogP) is 1.54. The Morgan fingerprint density at radius 3 is 2.62 bits per heavy atom. The first-order valence-corrected chi connectivity index (χ1v) is 8.93. The highest BCUT2D eigenvalue weighted by Crippen LogP contribution is 2.31. The molecular weight excluding hydrogens is 288 g/mol. The summed E-state index contributed by atoms with van der Waals surface area (Å²) in [6.45, 7) is 4.21. The highest BCUT2D eigenvalue weighted by molar-refractivity contribution is 7.89. The van der Waals surface area contributed by atoms with E-state index in [1.165, 1.54) is 4.31 Å². The highest BCUT2D eigenvalue weighted by atomic mass is 32.2. The SMILES string of the molecule is CCc1cc(N)c(CC)c(S(=O)(=O)N2CCC[C@H]2CO)c1. The van der Waals surface area contributed by atoms with E-state index in [1.807, 2.05) is 19.9 Å². The summed E-state index contributed by atoms with van der Waals surface area (Å²) < 4.78 is 27.4. The van der Waals surface area contributed by atoms with Crippen LogP contribution in [-0.2, 0) is 22.9 Å². The van der Waals surface area contributed by atoms with Crippen molar-refractivity contribution in [1.29, 1.82) is 0 Å². The van der Waals surface area contributed by atoms with Crippen LogP contribution in [0.2, 0.25) is 0 Å². The number of aryl methyl sites for hydroxylation is 1. The fraction of sp³-hybridized carbons (Fsp3) is 0.600. The fourth-order valence-corrected chi connectivity index (χ4v) is 5.03. The summed E-state index contributed by atoms with van der Waals surface area (Å²) in [5.41, 5.74) is 8.17. The van der Waals surface area contributed by atoms with Crippen LogP contribution >= 0.6 is 0 Å². The second-order valence-electron chi connectivity index (χ2n) is 5.46. The molecule has 21 heavy (non-hydrogen) atoms. The molecule has 5 nitrogen and oxygen atoms in total. The number of nitrogen functional groups attached to an aromatic ring is 1. The first-order valence-electron chi connectivity index (χ1n) is 7.49. The first kappa shape index (κ1) is 16.3. The number of rotatable bonds is 5. The van der Waals surface area contributed by atoms with Crippen molar-refractivity contribution in [3.05, 3.63) is 23.3 Å². The average molecular weight is 312 g/mol. The van der Waals surface area contributed by atoms with Crippen LogP contribution in [0.3, 0.4) is 0 Å². The molecule has 0 bridgehead atoms. The molecule has 3 N–H and O–H groups in total. The van der Waals surface area contributed by atoms with Crippen LogP contribution < -0.4 is 5.73 Å². The number of benzene rings is 1. The van der Waals surface area contributed by atoms with E-state index in [0.717, 1.165) is 18.4 Å². The molecule has 1 saturated heterocycles. The molecule has 0 radical (unpaired) electrons. The largest absolute Gasteiger partial charge is 0.398 e. The Morgan fingerprint density at radius 1 is 1.33 bits per heavy atom. The minimum Gasteiger partial charge on any atom is -0.398 e. The maximum Gasteiger partial charge on any atom is 0.243 e. The van der Waals surface area contributed by atoms with Crippen molar-refractivity contribution in [2.75, 3.05) is 18.9 Å². The zero-order valence-corrected chi connectivity index (χ0v) is 13.5. The number of aliphatic hydroxyl groups is 1. The van der Waals surface area contributed by atoms with Gasteiger partial charge in [0.25, 0.3) is 0 Å². The highest BCUT2D eigenvalue weighted by Gasteiger charge is 2.36. The zero-order chi connectivity index (χ0) is 15.6. The van der Waals surface area contributed by atoms with Gasteiger partial charge in [-0.1, -0.05) is 13.8 Å². The normalized spacial score (nSPS) is 20.0. The van der Waals surface area contributed by atoms with Gasteiger partial charge in [-0.2, -0.15) is 4.31 Å². The maximum atomic E-state index is 13.0. The van der Waals surface area contributed by atoms with E-state index in [1.54, 1.807) is 6.07 Å². The van der Waals surface area contributed by atoms with Crippen molar-refractivity contribution in [1.82, 2.24) is 4.31 Å². The van der Waals surface area contributed by atoms with Crippen LogP contribution in [0.1, 0.15) is 37.8 Å². The van der Waals surface area contributed by atoms with Gasteiger partial charge in [-0.05, 0) is 48.9 Å². The molecule has 1 aliphatic heterocycles. The summed E-state index contributed by atoms with van der Waals surface area (Å²) in [6.07, 6.45) is 2.80. The number of hydrogen-bond donors (Lipinski definition) is 2. The Kier molecular flexibility index (Phi) is 4.91. The quantitative estimate of drug-likeness (QED) is 0.808. The van der Waals surface area contributed by atoms with Crippen molar-refractivity contribution in [3.8, 4) is 0 Å². The van der Waals surface area contributed by atoms with Crippen molar-refractivity contribution < 1.29 is 13.5 Å². The topological polar surface area (TPSA) is 83.6 Å². The molecule has 1 aromatic rings. The van der Waals surface area contributed by atoms with E-state index in [4.69, 9.17) is 5.73 Å². The molecule has 0 aliphatic carbocycles. The average Bonchev–Trinajstić information content (AvgIpc) is 2.95. The Morgan fingerprint density at radius 2 is 2.05 bits per heavy atom. The smallest absolute Gasteiger partial charge is 0.243 e. The molecule has 1 atom stereocenters. The Hall–Kier alpha value is -1.11. The minimum absolute atomic E-state index is 0.135. The monoisotopic (exact) mass is 312 g/mol. The third-order valence-electron chi connectivity index (χ3n) is 4.19. The maximum absolute atomic E-state index is 13.0. The lowest BCUT2D eigenvalue weighted by Gasteiger charge is -2.24. The van der Waals surface area contributed by atoms with Gasteiger partial charge >= 0.3 is 0 Å². The van der Waals surface area contributed by atoms with Gasteiger partial charge in [0.2, 0.25) is 10.0 Å². The van der Waals surface area contributed by atoms with Crippen molar-refractivity contribution in [3.63, 3.8) is 0 Å². The van der Waals surface area contributed by atoms with Gasteiger partial charge in [-0.3, -0.25) is 0 Å². The van der Waals surface area contributed by atoms with E-state index in [2.05, 4.69) is 0 Å². The molecule has 118 valence electrons. The Bertz CT molecular complexity index is 614. The lowest BCUT2D eigenvalue weighted by molar-refractivity contribution is 0.213. The van der Waals surface area contributed by atoms with Crippen molar-refractivity contribution in [2.45, 2.75) is 50.5 Å². The van der Waals surface area contributed by atoms with Gasteiger partial charge in [0.1, 0.15) is 0 Å². The van der Waals surface area contributed by atoms with Gasteiger partial charge in [0.15, 0.2) is 0 Å². The van der Waals surface area contributed by atoms with Crippen molar-refractivity contribution in [2.24, 2.45) is 0 Å². The molecule has 0 saturated carbocycles. The molecule has 1 fully saturated rings. The number of anilines is 1. The molecule has 0 unspecified atom stereocenters. The second-order valence-corrected chi connectivity index (χ2v) is 7.32. The van der Waals surface area contributed by atoms with Gasteiger partial charge in [-0.15, -0.1) is 0 Å². The number of nitrogens with two attached hydrogens (primary N) is 1. The molecule has 6 heteroatoms. The van der Waals surface area contributed by atoms with Crippen LogP contribution in [0.5, 0.6) is 0 Å².